The van der Waals surface area contributed by atoms with Crippen LogP contribution in [0.4, 0.5) is 0 Å². The third-order valence-corrected chi connectivity index (χ3v) is 4.84. The van der Waals surface area contributed by atoms with Crippen LogP contribution in [-0.2, 0) is 9.47 Å². The first kappa shape index (κ1) is 19.9. The van der Waals surface area contributed by atoms with Gasteiger partial charge >= 0.3 is 0 Å². The van der Waals surface area contributed by atoms with Gasteiger partial charge in [-0.15, -0.1) is 0 Å². The standard InChI is InChI=1S/C21H34O2/c1-6-8-9-10-11-12-16-20(21(3,22-4)23-5)19-15-13-14-18(7-2)17-19/h7,13-15,17,20H,2,6,8-12,16H2,1,3-5H3. The van der Waals surface area contributed by atoms with Gasteiger partial charge in [0.25, 0.3) is 0 Å². The zero-order valence-corrected chi connectivity index (χ0v) is 15.4. The maximum atomic E-state index is 5.72. The first-order chi connectivity index (χ1) is 11.1. The summed E-state index contributed by atoms with van der Waals surface area (Å²) >= 11 is 0. The number of unbranched alkanes of at least 4 members (excludes halogenated alkanes) is 5. The fourth-order valence-corrected chi connectivity index (χ4v) is 3.13. The van der Waals surface area contributed by atoms with Crippen LogP contribution < -0.4 is 0 Å². The van der Waals surface area contributed by atoms with Crippen LogP contribution in [0.2, 0.25) is 0 Å². The largest absolute Gasteiger partial charge is 0.353 e. The van der Waals surface area contributed by atoms with Crippen molar-refractivity contribution in [1.82, 2.24) is 0 Å². The Balaban J connectivity index is 2.79. The Morgan fingerprint density at radius 3 is 2.35 bits per heavy atom. The number of ether oxygens (including phenoxy) is 2. The molecule has 0 radical (unpaired) electrons. The molecule has 1 rings (SSSR count). The average Bonchev–Trinajstić information content (AvgIpc) is 2.60. The van der Waals surface area contributed by atoms with Crippen molar-refractivity contribution in [1.29, 1.82) is 0 Å². The second-order valence-electron chi connectivity index (χ2n) is 6.41. The first-order valence-corrected chi connectivity index (χ1v) is 8.94. The van der Waals surface area contributed by atoms with Crippen molar-refractivity contribution in [3.63, 3.8) is 0 Å². The van der Waals surface area contributed by atoms with Crippen molar-refractivity contribution in [2.75, 3.05) is 14.2 Å². The highest BCUT2D eigenvalue weighted by Gasteiger charge is 2.35. The Labute approximate surface area is 142 Å². The van der Waals surface area contributed by atoms with E-state index in [-0.39, 0.29) is 5.92 Å². The lowest BCUT2D eigenvalue weighted by molar-refractivity contribution is -0.210. The minimum Gasteiger partial charge on any atom is -0.353 e. The Morgan fingerprint density at radius 1 is 1.09 bits per heavy atom. The lowest BCUT2D eigenvalue weighted by Gasteiger charge is -2.35. The molecule has 2 heteroatoms. The average molecular weight is 319 g/mol. The molecule has 0 fully saturated rings. The fourth-order valence-electron chi connectivity index (χ4n) is 3.13. The van der Waals surface area contributed by atoms with Crippen molar-refractivity contribution in [2.24, 2.45) is 0 Å². The first-order valence-electron chi connectivity index (χ1n) is 8.94. The highest BCUT2D eigenvalue weighted by atomic mass is 16.7. The predicted octanol–water partition coefficient (Wildman–Crippen LogP) is 6.17. The molecule has 0 aliphatic carbocycles. The number of rotatable bonds is 12. The Kier molecular flexibility index (Phi) is 9.20. The van der Waals surface area contributed by atoms with E-state index in [4.69, 9.17) is 9.47 Å². The molecule has 0 bridgehead atoms. The molecule has 0 heterocycles. The molecule has 2 nitrogen and oxygen atoms in total. The lowest BCUT2D eigenvalue weighted by atomic mass is 9.85. The molecule has 1 aromatic rings. The summed E-state index contributed by atoms with van der Waals surface area (Å²) in [4.78, 5) is 0. The highest BCUT2D eigenvalue weighted by molar-refractivity contribution is 5.48. The lowest BCUT2D eigenvalue weighted by Crippen LogP contribution is -2.37. The smallest absolute Gasteiger partial charge is 0.171 e. The summed E-state index contributed by atoms with van der Waals surface area (Å²) in [5.74, 6) is -0.369. The number of benzene rings is 1. The minimum absolute atomic E-state index is 0.226. The summed E-state index contributed by atoms with van der Waals surface area (Å²) in [6.45, 7) is 8.17. The van der Waals surface area contributed by atoms with E-state index in [0.717, 1.165) is 12.0 Å². The molecular formula is C21H34O2. The molecular weight excluding hydrogens is 284 g/mol. The molecule has 0 spiro atoms. The zero-order valence-electron chi connectivity index (χ0n) is 15.4. The predicted molar refractivity (Wildman–Crippen MR) is 99.7 cm³/mol. The van der Waals surface area contributed by atoms with Crippen LogP contribution in [-0.4, -0.2) is 20.0 Å². The van der Waals surface area contributed by atoms with E-state index in [2.05, 4.69) is 37.8 Å². The van der Waals surface area contributed by atoms with Crippen LogP contribution in [0.15, 0.2) is 30.8 Å². The maximum absolute atomic E-state index is 5.72. The van der Waals surface area contributed by atoms with Crippen LogP contribution in [0.25, 0.3) is 6.08 Å². The molecule has 1 atom stereocenters. The van der Waals surface area contributed by atoms with Gasteiger partial charge < -0.3 is 9.47 Å². The fraction of sp³-hybridized carbons (Fsp3) is 0.619. The van der Waals surface area contributed by atoms with Crippen LogP contribution >= 0.6 is 0 Å². The normalized spacial score (nSPS) is 13.0. The number of hydrogen-bond acceptors (Lipinski definition) is 2. The molecule has 0 N–H and O–H groups in total. The van der Waals surface area contributed by atoms with Crippen molar-refractivity contribution in [3.05, 3.63) is 42.0 Å². The van der Waals surface area contributed by atoms with Gasteiger partial charge in [0.05, 0.1) is 0 Å². The Bertz CT molecular complexity index is 449. The van der Waals surface area contributed by atoms with Gasteiger partial charge in [0.1, 0.15) is 0 Å². The van der Waals surface area contributed by atoms with Gasteiger partial charge in [-0.05, 0) is 24.5 Å². The van der Waals surface area contributed by atoms with Gasteiger partial charge in [0.2, 0.25) is 0 Å². The molecule has 0 saturated carbocycles. The van der Waals surface area contributed by atoms with Gasteiger partial charge in [-0.25, -0.2) is 0 Å². The Morgan fingerprint density at radius 2 is 1.74 bits per heavy atom. The zero-order chi connectivity index (χ0) is 17.1. The van der Waals surface area contributed by atoms with Gasteiger partial charge in [-0.2, -0.15) is 0 Å². The van der Waals surface area contributed by atoms with Gasteiger partial charge in [0.15, 0.2) is 5.79 Å². The summed E-state index contributed by atoms with van der Waals surface area (Å²) in [6.07, 6.45) is 10.8. The van der Waals surface area contributed by atoms with E-state index >= 15 is 0 Å². The van der Waals surface area contributed by atoms with Crippen molar-refractivity contribution in [2.45, 2.75) is 70.5 Å². The van der Waals surface area contributed by atoms with Crippen LogP contribution in [0.3, 0.4) is 0 Å². The number of methoxy groups -OCH3 is 2. The van der Waals surface area contributed by atoms with Crippen LogP contribution in [0, 0.1) is 0 Å². The van der Waals surface area contributed by atoms with Gasteiger partial charge in [0, 0.05) is 20.1 Å². The summed E-state index contributed by atoms with van der Waals surface area (Å²) in [6, 6.07) is 8.54. The Hall–Kier alpha value is -1.12. The molecule has 0 aliphatic heterocycles. The maximum Gasteiger partial charge on any atom is 0.171 e. The second kappa shape index (κ2) is 10.6. The minimum atomic E-state index is -0.594. The van der Waals surface area contributed by atoms with Crippen molar-refractivity contribution in [3.8, 4) is 0 Å². The summed E-state index contributed by atoms with van der Waals surface area (Å²) in [5.41, 5.74) is 2.41. The topological polar surface area (TPSA) is 18.5 Å². The van der Waals surface area contributed by atoms with Crippen LogP contribution in [0.5, 0.6) is 0 Å². The van der Waals surface area contributed by atoms with Crippen LogP contribution in [0.1, 0.15) is 75.8 Å². The summed E-state index contributed by atoms with van der Waals surface area (Å²) in [5, 5.41) is 0. The molecule has 0 aliphatic rings. The SMILES string of the molecule is C=Cc1cccc(C(CCCCCCCC)C(C)(OC)OC)c1. The molecule has 1 unspecified atom stereocenters. The monoisotopic (exact) mass is 318 g/mol. The third kappa shape index (κ3) is 6.12. The van der Waals surface area contributed by atoms with E-state index < -0.39 is 5.79 Å². The molecule has 0 saturated heterocycles. The van der Waals surface area contributed by atoms with E-state index in [1.165, 1.54) is 44.1 Å². The molecule has 1 aromatic carbocycles. The molecule has 23 heavy (non-hydrogen) atoms. The van der Waals surface area contributed by atoms with E-state index in [1.807, 2.05) is 13.0 Å². The van der Waals surface area contributed by atoms with Gasteiger partial charge in [-0.3, -0.25) is 0 Å². The van der Waals surface area contributed by atoms with E-state index in [0.29, 0.717) is 0 Å². The molecule has 0 aromatic heterocycles. The molecule has 0 amide bonds. The van der Waals surface area contributed by atoms with Crippen molar-refractivity contribution >= 4 is 6.08 Å². The van der Waals surface area contributed by atoms with Crippen molar-refractivity contribution < 1.29 is 9.47 Å². The second-order valence-corrected chi connectivity index (χ2v) is 6.41. The molecule has 130 valence electrons. The van der Waals surface area contributed by atoms with Gasteiger partial charge in [-0.1, -0.05) is 82.4 Å². The van der Waals surface area contributed by atoms with E-state index in [1.54, 1.807) is 14.2 Å². The van der Waals surface area contributed by atoms with E-state index in [9.17, 15) is 0 Å². The summed E-state index contributed by atoms with van der Waals surface area (Å²) in [7, 11) is 3.46. The quantitative estimate of drug-likeness (QED) is 0.339. The summed E-state index contributed by atoms with van der Waals surface area (Å²) < 4.78 is 11.4. The number of hydrogen-bond donors (Lipinski definition) is 0. The third-order valence-electron chi connectivity index (χ3n) is 4.84. The highest BCUT2D eigenvalue weighted by Crippen LogP contribution is 2.36.